The number of carboxylic acids is 1. The SMILES string of the molecule is Cc1oc(C(=O)O)cc1S(=O)(=O)NCc1cnn(C)c1. The van der Waals surface area contributed by atoms with Crippen molar-refractivity contribution < 1.29 is 22.7 Å². The average molecular weight is 299 g/mol. The summed E-state index contributed by atoms with van der Waals surface area (Å²) in [7, 11) is -2.12. The van der Waals surface area contributed by atoms with Gasteiger partial charge in [-0.15, -0.1) is 0 Å². The summed E-state index contributed by atoms with van der Waals surface area (Å²) in [4.78, 5) is 10.6. The van der Waals surface area contributed by atoms with E-state index in [0.29, 0.717) is 5.56 Å². The van der Waals surface area contributed by atoms with Gasteiger partial charge >= 0.3 is 5.97 Å². The largest absolute Gasteiger partial charge is 0.475 e. The Hall–Kier alpha value is -2.13. The van der Waals surface area contributed by atoms with Crippen molar-refractivity contribution in [1.82, 2.24) is 14.5 Å². The van der Waals surface area contributed by atoms with Gasteiger partial charge in [0.1, 0.15) is 10.7 Å². The van der Waals surface area contributed by atoms with Crippen molar-refractivity contribution in [1.29, 1.82) is 0 Å². The number of carboxylic acid groups (broad SMARTS) is 1. The van der Waals surface area contributed by atoms with Crippen LogP contribution in [0.2, 0.25) is 0 Å². The molecule has 0 radical (unpaired) electrons. The van der Waals surface area contributed by atoms with E-state index in [1.165, 1.54) is 13.1 Å². The first-order valence-electron chi connectivity index (χ1n) is 5.60. The topological polar surface area (TPSA) is 114 Å². The third-order valence-corrected chi connectivity index (χ3v) is 4.11. The summed E-state index contributed by atoms with van der Waals surface area (Å²) in [6.07, 6.45) is 3.21. The molecular weight excluding hydrogens is 286 g/mol. The van der Waals surface area contributed by atoms with Crippen LogP contribution in [0.1, 0.15) is 21.9 Å². The van der Waals surface area contributed by atoms with E-state index in [1.807, 2.05) is 0 Å². The van der Waals surface area contributed by atoms with Crippen molar-refractivity contribution in [3.63, 3.8) is 0 Å². The number of aromatic carboxylic acids is 1. The number of sulfonamides is 1. The minimum atomic E-state index is -3.84. The number of nitrogens with one attached hydrogen (secondary N) is 1. The molecule has 0 aliphatic heterocycles. The molecule has 108 valence electrons. The van der Waals surface area contributed by atoms with E-state index >= 15 is 0 Å². The molecule has 0 saturated carbocycles. The van der Waals surface area contributed by atoms with Gasteiger partial charge in [-0.2, -0.15) is 5.10 Å². The van der Waals surface area contributed by atoms with Crippen LogP contribution in [0.15, 0.2) is 27.8 Å². The predicted octanol–water partition coefficient (Wildman–Crippen LogP) is 0.498. The van der Waals surface area contributed by atoms with Gasteiger partial charge in [0.2, 0.25) is 15.8 Å². The molecule has 0 fully saturated rings. The molecule has 20 heavy (non-hydrogen) atoms. The Bertz CT molecular complexity index is 744. The van der Waals surface area contributed by atoms with Gasteiger partial charge in [0.25, 0.3) is 0 Å². The first-order valence-corrected chi connectivity index (χ1v) is 7.09. The highest BCUT2D eigenvalue weighted by molar-refractivity contribution is 7.89. The van der Waals surface area contributed by atoms with Gasteiger partial charge in [-0.05, 0) is 6.92 Å². The molecule has 2 heterocycles. The number of aryl methyl sites for hydroxylation is 2. The summed E-state index contributed by atoms with van der Waals surface area (Å²) in [6, 6.07) is 0.989. The van der Waals surface area contributed by atoms with E-state index in [9.17, 15) is 13.2 Å². The molecule has 0 atom stereocenters. The van der Waals surface area contributed by atoms with Crippen LogP contribution in [-0.2, 0) is 23.6 Å². The molecule has 2 aromatic heterocycles. The van der Waals surface area contributed by atoms with Crippen LogP contribution in [0.3, 0.4) is 0 Å². The van der Waals surface area contributed by atoms with Gasteiger partial charge in [-0.1, -0.05) is 0 Å². The normalized spacial score (nSPS) is 11.7. The Balaban J connectivity index is 2.20. The predicted molar refractivity (Wildman–Crippen MR) is 67.6 cm³/mol. The lowest BCUT2D eigenvalue weighted by Crippen LogP contribution is -2.23. The summed E-state index contributed by atoms with van der Waals surface area (Å²) in [5.41, 5.74) is 0.690. The molecule has 0 aliphatic carbocycles. The molecule has 2 aromatic rings. The molecule has 0 saturated heterocycles. The maximum Gasteiger partial charge on any atom is 0.371 e. The Morgan fingerprint density at radius 1 is 1.55 bits per heavy atom. The Labute approximate surface area is 115 Å². The van der Waals surface area contributed by atoms with Crippen LogP contribution in [0.4, 0.5) is 0 Å². The molecule has 0 spiro atoms. The molecule has 0 bridgehead atoms. The number of hydrogen-bond donors (Lipinski definition) is 2. The number of aromatic nitrogens is 2. The van der Waals surface area contributed by atoms with E-state index in [1.54, 1.807) is 17.9 Å². The van der Waals surface area contributed by atoms with Crippen molar-refractivity contribution in [2.24, 2.45) is 7.05 Å². The van der Waals surface area contributed by atoms with Gasteiger partial charge in [-0.3, -0.25) is 4.68 Å². The fourth-order valence-corrected chi connectivity index (χ4v) is 2.85. The first-order chi connectivity index (χ1) is 9.29. The van der Waals surface area contributed by atoms with Crippen molar-refractivity contribution in [3.8, 4) is 0 Å². The van der Waals surface area contributed by atoms with E-state index in [-0.39, 0.29) is 17.2 Å². The minimum Gasteiger partial charge on any atom is -0.475 e. The van der Waals surface area contributed by atoms with Gasteiger partial charge in [0.05, 0.1) is 6.20 Å². The number of rotatable bonds is 5. The van der Waals surface area contributed by atoms with Gasteiger partial charge in [0, 0.05) is 31.4 Å². The van der Waals surface area contributed by atoms with Crippen LogP contribution in [-0.4, -0.2) is 29.3 Å². The van der Waals surface area contributed by atoms with Crippen molar-refractivity contribution in [2.75, 3.05) is 0 Å². The highest BCUT2D eigenvalue weighted by atomic mass is 32.2. The quantitative estimate of drug-likeness (QED) is 0.830. The number of furan rings is 1. The third kappa shape index (κ3) is 2.89. The maximum atomic E-state index is 12.1. The van der Waals surface area contributed by atoms with Crippen LogP contribution < -0.4 is 4.72 Å². The summed E-state index contributed by atoms with van der Waals surface area (Å²) < 4.78 is 33.0. The summed E-state index contributed by atoms with van der Waals surface area (Å²) in [5.74, 6) is -1.70. The van der Waals surface area contributed by atoms with Crippen molar-refractivity contribution in [3.05, 3.63) is 35.5 Å². The fourth-order valence-electron chi connectivity index (χ4n) is 1.66. The molecule has 0 aromatic carbocycles. The number of carbonyl (C=O) groups is 1. The second kappa shape index (κ2) is 5.10. The second-order valence-electron chi connectivity index (χ2n) is 4.18. The van der Waals surface area contributed by atoms with E-state index in [0.717, 1.165) is 6.07 Å². The zero-order chi connectivity index (χ0) is 14.9. The van der Waals surface area contributed by atoms with E-state index < -0.39 is 21.8 Å². The smallest absolute Gasteiger partial charge is 0.371 e. The zero-order valence-electron chi connectivity index (χ0n) is 10.8. The molecule has 2 rings (SSSR count). The van der Waals surface area contributed by atoms with Gasteiger partial charge in [-0.25, -0.2) is 17.9 Å². The highest BCUT2D eigenvalue weighted by Crippen LogP contribution is 2.20. The fraction of sp³-hybridized carbons (Fsp3) is 0.273. The van der Waals surface area contributed by atoms with E-state index in [2.05, 4.69) is 9.82 Å². The third-order valence-electron chi connectivity index (χ3n) is 2.60. The molecule has 0 unspecified atom stereocenters. The lowest BCUT2D eigenvalue weighted by molar-refractivity contribution is 0.0661. The van der Waals surface area contributed by atoms with Crippen molar-refractivity contribution in [2.45, 2.75) is 18.4 Å². The lowest BCUT2D eigenvalue weighted by atomic mass is 10.4. The van der Waals surface area contributed by atoms with E-state index in [4.69, 9.17) is 9.52 Å². The summed E-state index contributed by atoms with van der Waals surface area (Å²) >= 11 is 0. The molecule has 2 N–H and O–H groups in total. The minimum absolute atomic E-state index is 0.0288. The summed E-state index contributed by atoms with van der Waals surface area (Å²) in [5, 5.41) is 12.7. The van der Waals surface area contributed by atoms with Crippen LogP contribution in [0.25, 0.3) is 0 Å². The Morgan fingerprint density at radius 2 is 2.25 bits per heavy atom. The lowest BCUT2D eigenvalue weighted by Gasteiger charge is -2.03. The van der Waals surface area contributed by atoms with Crippen molar-refractivity contribution >= 4 is 16.0 Å². The van der Waals surface area contributed by atoms with Crippen LogP contribution in [0.5, 0.6) is 0 Å². The first kappa shape index (κ1) is 14.3. The molecule has 0 amide bonds. The highest BCUT2D eigenvalue weighted by Gasteiger charge is 2.23. The monoisotopic (exact) mass is 299 g/mol. The van der Waals surface area contributed by atoms with Crippen LogP contribution in [0, 0.1) is 6.92 Å². The molecule has 9 heteroatoms. The number of hydrogen-bond acceptors (Lipinski definition) is 5. The number of nitrogens with zero attached hydrogens (tertiary/aromatic N) is 2. The molecule has 0 aliphatic rings. The van der Waals surface area contributed by atoms with Gasteiger partial charge in [0.15, 0.2) is 0 Å². The Kier molecular flexibility index (Phi) is 3.64. The van der Waals surface area contributed by atoms with Crippen LogP contribution >= 0.6 is 0 Å². The summed E-state index contributed by atoms with van der Waals surface area (Å²) in [6.45, 7) is 1.45. The van der Waals surface area contributed by atoms with Gasteiger partial charge < -0.3 is 9.52 Å². The maximum absolute atomic E-state index is 12.1. The Morgan fingerprint density at radius 3 is 2.75 bits per heavy atom. The zero-order valence-corrected chi connectivity index (χ0v) is 11.6. The standard InChI is InChI=1S/C11H13N3O5S/c1-7-10(3-9(19-7)11(15)16)20(17,18)13-5-8-4-12-14(2)6-8/h3-4,6,13H,5H2,1-2H3,(H,15,16). The second-order valence-corrected chi connectivity index (χ2v) is 5.92. The average Bonchev–Trinajstić information content (AvgIpc) is 2.93. The molecular formula is C11H13N3O5S. The molecule has 8 nitrogen and oxygen atoms in total.